The van der Waals surface area contributed by atoms with Gasteiger partial charge in [-0.2, -0.15) is 0 Å². The summed E-state index contributed by atoms with van der Waals surface area (Å²) in [5.41, 5.74) is 0.880. The number of hydrogen-bond donors (Lipinski definition) is 1. The Morgan fingerprint density at radius 2 is 2.00 bits per heavy atom. The van der Waals surface area contributed by atoms with E-state index in [1.807, 2.05) is 44.2 Å². The van der Waals surface area contributed by atoms with Gasteiger partial charge >= 0.3 is 0 Å². The van der Waals surface area contributed by atoms with Crippen LogP contribution in [-0.4, -0.2) is 10.9 Å². The molecule has 0 unspecified atom stereocenters. The normalized spacial score (nSPS) is 10.9. The summed E-state index contributed by atoms with van der Waals surface area (Å²) < 4.78 is 0.811. The van der Waals surface area contributed by atoms with Crippen LogP contribution >= 0.6 is 15.9 Å². The molecule has 2 aromatic rings. The quantitative estimate of drug-likeness (QED) is 0.908. The standard InChI is InChI=1S/C15H17BrN2O/c1-3-10(4-2)15(19)18-14-12(16)9-11-7-5-6-8-13(11)17-14/h5-10H,3-4H2,1-2H3,(H,17,18,19). The maximum absolute atomic E-state index is 12.1. The van der Waals surface area contributed by atoms with E-state index >= 15 is 0 Å². The van der Waals surface area contributed by atoms with E-state index in [4.69, 9.17) is 0 Å². The van der Waals surface area contributed by atoms with E-state index in [1.165, 1.54) is 0 Å². The van der Waals surface area contributed by atoms with Crippen LogP contribution in [0.5, 0.6) is 0 Å². The lowest BCUT2D eigenvalue weighted by molar-refractivity contribution is -0.120. The Bertz CT molecular complexity index is 594. The van der Waals surface area contributed by atoms with Crippen LogP contribution in [0.1, 0.15) is 26.7 Å². The van der Waals surface area contributed by atoms with Crippen molar-refractivity contribution in [1.82, 2.24) is 4.98 Å². The zero-order valence-corrected chi connectivity index (χ0v) is 12.7. The number of rotatable bonds is 4. The van der Waals surface area contributed by atoms with Crippen molar-refractivity contribution in [2.24, 2.45) is 5.92 Å². The Hall–Kier alpha value is -1.42. The van der Waals surface area contributed by atoms with Crippen LogP contribution in [0, 0.1) is 5.92 Å². The molecule has 1 amide bonds. The highest BCUT2D eigenvalue weighted by Gasteiger charge is 2.16. The molecule has 1 heterocycles. The summed E-state index contributed by atoms with van der Waals surface area (Å²) in [6.07, 6.45) is 1.68. The van der Waals surface area contributed by atoms with Gasteiger partial charge in [-0.1, -0.05) is 32.0 Å². The van der Waals surface area contributed by atoms with Crippen molar-refractivity contribution in [3.05, 3.63) is 34.8 Å². The minimum Gasteiger partial charge on any atom is -0.309 e. The number of halogens is 1. The lowest BCUT2D eigenvalue weighted by Gasteiger charge is -2.13. The van der Waals surface area contributed by atoms with Gasteiger partial charge in [-0.05, 0) is 40.9 Å². The van der Waals surface area contributed by atoms with E-state index in [2.05, 4.69) is 26.2 Å². The molecule has 0 saturated heterocycles. The van der Waals surface area contributed by atoms with Crippen LogP contribution in [-0.2, 0) is 4.79 Å². The van der Waals surface area contributed by atoms with E-state index in [1.54, 1.807) is 0 Å². The highest BCUT2D eigenvalue weighted by atomic mass is 79.9. The lowest BCUT2D eigenvalue weighted by atomic mass is 10.0. The van der Waals surface area contributed by atoms with E-state index in [-0.39, 0.29) is 11.8 Å². The molecule has 0 radical (unpaired) electrons. The second-order valence-corrected chi connectivity index (χ2v) is 5.37. The Balaban J connectivity index is 2.30. The van der Waals surface area contributed by atoms with Crippen molar-refractivity contribution >= 4 is 38.6 Å². The lowest BCUT2D eigenvalue weighted by Crippen LogP contribution is -2.22. The first-order chi connectivity index (χ1) is 9.15. The number of pyridine rings is 1. The van der Waals surface area contributed by atoms with Gasteiger partial charge in [0.05, 0.1) is 9.99 Å². The molecule has 1 N–H and O–H groups in total. The number of hydrogen-bond acceptors (Lipinski definition) is 2. The second kappa shape index (κ2) is 6.15. The number of benzene rings is 1. The van der Waals surface area contributed by atoms with E-state index in [0.717, 1.165) is 28.2 Å². The third-order valence-electron chi connectivity index (χ3n) is 3.28. The highest BCUT2D eigenvalue weighted by molar-refractivity contribution is 9.10. The topological polar surface area (TPSA) is 42.0 Å². The van der Waals surface area contributed by atoms with E-state index in [9.17, 15) is 4.79 Å². The second-order valence-electron chi connectivity index (χ2n) is 4.51. The van der Waals surface area contributed by atoms with Gasteiger partial charge in [0.2, 0.25) is 5.91 Å². The minimum absolute atomic E-state index is 0.0356. The number of aromatic nitrogens is 1. The predicted molar refractivity (Wildman–Crippen MR) is 82.1 cm³/mol. The van der Waals surface area contributed by atoms with Gasteiger partial charge in [0, 0.05) is 11.3 Å². The first kappa shape index (κ1) is 14.0. The summed E-state index contributed by atoms with van der Waals surface area (Å²) in [7, 11) is 0. The molecule has 0 atom stereocenters. The molecule has 2 rings (SSSR count). The third kappa shape index (κ3) is 3.13. The average molecular weight is 321 g/mol. The number of para-hydroxylation sites is 1. The zero-order chi connectivity index (χ0) is 13.8. The fraction of sp³-hybridized carbons (Fsp3) is 0.333. The Morgan fingerprint density at radius 3 is 2.68 bits per heavy atom. The molecule has 0 saturated carbocycles. The van der Waals surface area contributed by atoms with Gasteiger partial charge in [-0.3, -0.25) is 4.79 Å². The smallest absolute Gasteiger partial charge is 0.228 e. The molecular formula is C15H17BrN2O. The molecule has 0 spiro atoms. The third-order valence-corrected chi connectivity index (χ3v) is 3.88. The first-order valence-electron chi connectivity index (χ1n) is 6.51. The zero-order valence-electron chi connectivity index (χ0n) is 11.1. The molecule has 0 aliphatic carbocycles. The van der Waals surface area contributed by atoms with Gasteiger partial charge in [0.15, 0.2) is 0 Å². The van der Waals surface area contributed by atoms with Crippen molar-refractivity contribution < 1.29 is 4.79 Å². The number of fused-ring (bicyclic) bond motifs is 1. The van der Waals surface area contributed by atoms with Crippen molar-refractivity contribution in [3.8, 4) is 0 Å². The molecule has 0 bridgehead atoms. The number of carbonyl (C=O) groups is 1. The van der Waals surface area contributed by atoms with E-state index in [0.29, 0.717) is 5.82 Å². The summed E-state index contributed by atoms with van der Waals surface area (Å²) in [6.45, 7) is 4.05. The molecule has 0 fully saturated rings. The predicted octanol–water partition coefficient (Wildman–Crippen LogP) is 4.37. The SMILES string of the molecule is CCC(CC)C(=O)Nc1nc2ccccc2cc1Br. The molecule has 4 heteroatoms. The van der Waals surface area contributed by atoms with Crippen LogP contribution in [0.2, 0.25) is 0 Å². The molecule has 0 aliphatic heterocycles. The van der Waals surface area contributed by atoms with Gasteiger partial charge < -0.3 is 5.32 Å². The summed E-state index contributed by atoms with van der Waals surface area (Å²) >= 11 is 3.46. The van der Waals surface area contributed by atoms with Crippen molar-refractivity contribution in [2.75, 3.05) is 5.32 Å². The summed E-state index contributed by atoms with van der Waals surface area (Å²) in [6, 6.07) is 9.83. The summed E-state index contributed by atoms with van der Waals surface area (Å²) in [5.74, 6) is 0.671. The van der Waals surface area contributed by atoms with Gasteiger partial charge in [-0.15, -0.1) is 0 Å². The van der Waals surface area contributed by atoms with E-state index < -0.39 is 0 Å². The van der Waals surface area contributed by atoms with Gasteiger partial charge in [0.1, 0.15) is 5.82 Å². The van der Waals surface area contributed by atoms with Crippen LogP contribution in [0.15, 0.2) is 34.8 Å². The average Bonchev–Trinajstić information content (AvgIpc) is 2.41. The summed E-state index contributed by atoms with van der Waals surface area (Å²) in [4.78, 5) is 16.6. The van der Waals surface area contributed by atoms with Crippen LogP contribution < -0.4 is 5.32 Å². The number of amides is 1. The molecule has 0 aliphatic rings. The maximum Gasteiger partial charge on any atom is 0.228 e. The highest BCUT2D eigenvalue weighted by Crippen LogP contribution is 2.26. The molecule has 1 aromatic heterocycles. The fourth-order valence-corrected chi connectivity index (χ4v) is 2.49. The minimum atomic E-state index is 0.0356. The Morgan fingerprint density at radius 1 is 1.32 bits per heavy atom. The summed E-state index contributed by atoms with van der Waals surface area (Å²) in [5, 5.41) is 3.96. The van der Waals surface area contributed by atoms with Crippen molar-refractivity contribution in [2.45, 2.75) is 26.7 Å². The Kier molecular flexibility index (Phi) is 4.53. The number of carbonyl (C=O) groups excluding carboxylic acids is 1. The largest absolute Gasteiger partial charge is 0.309 e. The number of anilines is 1. The maximum atomic E-state index is 12.1. The van der Waals surface area contributed by atoms with Crippen molar-refractivity contribution in [1.29, 1.82) is 0 Å². The fourth-order valence-electron chi connectivity index (χ4n) is 2.06. The van der Waals surface area contributed by atoms with Gasteiger partial charge in [0.25, 0.3) is 0 Å². The Labute approximate surface area is 121 Å². The van der Waals surface area contributed by atoms with Gasteiger partial charge in [-0.25, -0.2) is 4.98 Å². The van der Waals surface area contributed by atoms with Crippen molar-refractivity contribution in [3.63, 3.8) is 0 Å². The first-order valence-corrected chi connectivity index (χ1v) is 7.31. The van der Waals surface area contributed by atoms with Crippen LogP contribution in [0.25, 0.3) is 10.9 Å². The van der Waals surface area contributed by atoms with Crippen LogP contribution in [0.4, 0.5) is 5.82 Å². The number of nitrogens with zero attached hydrogens (tertiary/aromatic N) is 1. The molecular weight excluding hydrogens is 304 g/mol. The van der Waals surface area contributed by atoms with Crippen LogP contribution in [0.3, 0.4) is 0 Å². The number of nitrogens with one attached hydrogen (secondary N) is 1. The molecule has 1 aromatic carbocycles. The molecule has 100 valence electrons. The molecule has 19 heavy (non-hydrogen) atoms. The molecule has 3 nitrogen and oxygen atoms in total. The monoisotopic (exact) mass is 320 g/mol.